The molecule has 0 fully saturated rings. The summed E-state index contributed by atoms with van der Waals surface area (Å²) in [5.74, 6) is 0.551. The van der Waals surface area contributed by atoms with E-state index in [1.807, 2.05) is 0 Å². The van der Waals surface area contributed by atoms with Gasteiger partial charge in [0.25, 0.3) is 0 Å². The highest BCUT2D eigenvalue weighted by Gasteiger charge is 2.22. The second-order valence-corrected chi connectivity index (χ2v) is 6.87. The van der Waals surface area contributed by atoms with Gasteiger partial charge in [-0.25, -0.2) is 0 Å². The number of aromatic nitrogens is 2. The molecule has 4 heteroatoms. The van der Waals surface area contributed by atoms with Gasteiger partial charge in [-0.1, -0.05) is 49.4 Å². The van der Waals surface area contributed by atoms with Crippen molar-refractivity contribution in [1.29, 1.82) is 0 Å². The smallest absolute Gasteiger partial charge is 0.131 e. The number of nitrogens with one attached hydrogen (secondary N) is 1. The van der Waals surface area contributed by atoms with Crippen molar-refractivity contribution in [2.45, 2.75) is 51.6 Å². The van der Waals surface area contributed by atoms with Crippen molar-refractivity contribution in [2.24, 2.45) is 0 Å². The SMILES string of the molecule is CC(C)NCc1nnc(C2CCc3ccccc3C2)s1. The first kappa shape index (κ1) is 13.7. The third kappa shape index (κ3) is 3.07. The van der Waals surface area contributed by atoms with Crippen molar-refractivity contribution < 1.29 is 0 Å². The molecule has 1 aliphatic rings. The second kappa shape index (κ2) is 6.02. The number of hydrogen-bond acceptors (Lipinski definition) is 4. The van der Waals surface area contributed by atoms with Gasteiger partial charge in [-0.3, -0.25) is 0 Å². The minimum atomic E-state index is 0.490. The Morgan fingerprint density at radius 2 is 2.05 bits per heavy atom. The third-order valence-corrected chi connectivity index (χ3v) is 4.93. The Morgan fingerprint density at radius 3 is 2.85 bits per heavy atom. The fourth-order valence-corrected chi connectivity index (χ4v) is 3.63. The maximum atomic E-state index is 4.42. The fourth-order valence-electron chi connectivity index (χ4n) is 2.70. The van der Waals surface area contributed by atoms with E-state index >= 15 is 0 Å². The number of benzene rings is 1. The van der Waals surface area contributed by atoms with Gasteiger partial charge in [0.05, 0.1) is 0 Å². The molecule has 0 spiro atoms. The van der Waals surface area contributed by atoms with Crippen LogP contribution in [0, 0.1) is 0 Å². The molecule has 1 aliphatic carbocycles. The molecule has 1 heterocycles. The molecule has 3 nitrogen and oxygen atoms in total. The van der Waals surface area contributed by atoms with Crippen LogP contribution in [0.3, 0.4) is 0 Å². The number of fused-ring (bicyclic) bond motifs is 1. The van der Waals surface area contributed by atoms with E-state index in [1.54, 1.807) is 11.3 Å². The molecule has 0 saturated heterocycles. The molecule has 0 saturated carbocycles. The molecule has 3 rings (SSSR count). The van der Waals surface area contributed by atoms with Gasteiger partial charge in [0.2, 0.25) is 0 Å². The zero-order valence-electron chi connectivity index (χ0n) is 12.1. The highest BCUT2D eigenvalue weighted by molar-refractivity contribution is 7.11. The molecule has 2 aromatic rings. The van der Waals surface area contributed by atoms with E-state index in [4.69, 9.17) is 0 Å². The highest BCUT2D eigenvalue weighted by Crippen LogP contribution is 2.33. The van der Waals surface area contributed by atoms with Gasteiger partial charge < -0.3 is 5.32 Å². The first-order valence-corrected chi connectivity index (χ1v) is 8.16. The minimum Gasteiger partial charge on any atom is -0.308 e. The van der Waals surface area contributed by atoms with Crippen LogP contribution in [0.1, 0.15) is 47.3 Å². The predicted octanol–water partition coefficient (Wildman–Crippen LogP) is 3.31. The topological polar surface area (TPSA) is 37.8 Å². The molecular formula is C16H21N3S. The van der Waals surface area contributed by atoms with Gasteiger partial charge in [0, 0.05) is 18.5 Å². The van der Waals surface area contributed by atoms with Crippen molar-refractivity contribution in [1.82, 2.24) is 15.5 Å². The van der Waals surface area contributed by atoms with Crippen LogP contribution in [-0.4, -0.2) is 16.2 Å². The van der Waals surface area contributed by atoms with Crippen LogP contribution in [0.5, 0.6) is 0 Å². The van der Waals surface area contributed by atoms with E-state index in [0.29, 0.717) is 12.0 Å². The molecule has 1 unspecified atom stereocenters. The summed E-state index contributed by atoms with van der Waals surface area (Å²) in [6, 6.07) is 9.27. The van der Waals surface area contributed by atoms with E-state index in [2.05, 4.69) is 53.6 Å². The summed E-state index contributed by atoms with van der Waals surface area (Å²) in [6.07, 6.45) is 3.48. The van der Waals surface area contributed by atoms with Crippen LogP contribution in [-0.2, 0) is 19.4 Å². The summed E-state index contributed by atoms with van der Waals surface area (Å²) in [6.45, 7) is 5.14. The Balaban J connectivity index is 1.69. The Kier molecular flexibility index (Phi) is 4.13. The molecule has 20 heavy (non-hydrogen) atoms. The molecule has 1 atom stereocenters. The Bertz CT molecular complexity index is 577. The predicted molar refractivity (Wildman–Crippen MR) is 83.1 cm³/mol. The molecule has 106 valence electrons. The summed E-state index contributed by atoms with van der Waals surface area (Å²) in [4.78, 5) is 0. The second-order valence-electron chi connectivity index (χ2n) is 5.78. The van der Waals surface area contributed by atoms with Gasteiger partial charge in [0.1, 0.15) is 10.0 Å². The lowest BCUT2D eigenvalue weighted by atomic mass is 9.84. The number of rotatable bonds is 4. The Hall–Kier alpha value is -1.26. The summed E-state index contributed by atoms with van der Waals surface area (Å²) >= 11 is 1.77. The van der Waals surface area contributed by atoms with E-state index in [-0.39, 0.29) is 0 Å². The van der Waals surface area contributed by atoms with Gasteiger partial charge >= 0.3 is 0 Å². The lowest BCUT2D eigenvalue weighted by molar-refractivity contribution is 0.573. The highest BCUT2D eigenvalue weighted by atomic mass is 32.1. The summed E-state index contributed by atoms with van der Waals surface area (Å²) < 4.78 is 0. The molecular weight excluding hydrogens is 266 g/mol. The van der Waals surface area contributed by atoms with Crippen LogP contribution < -0.4 is 5.32 Å². The Morgan fingerprint density at radius 1 is 1.25 bits per heavy atom. The van der Waals surface area contributed by atoms with Crippen LogP contribution in [0.15, 0.2) is 24.3 Å². The maximum Gasteiger partial charge on any atom is 0.131 e. The lowest BCUT2D eigenvalue weighted by Gasteiger charge is -2.22. The van der Waals surface area contributed by atoms with Crippen molar-refractivity contribution in [2.75, 3.05) is 0 Å². The van der Waals surface area contributed by atoms with Gasteiger partial charge in [0.15, 0.2) is 0 Å². The van der Waals surface area contributed by atoms with Crippen LogP contribution in [0.2, 0.25) is 0 Å². The lowest BCUT2D eigenvalue weighted by Crippen LogP contribution is -2.21. The average Bonchev–Trinajstić information content (AvgIpc) is 2.93. The van der Waals surface area contributed by atoms with Crippen molar-refractivity contribution >= 4 is 11.3 Å². The number of aryl methyl sites for hydroxylation is 1. The zero-order chi connectivity index (χ0) is 13.9. The molecule has 0 radical (unpaired) electrons. The van der Waals surface area contributed by atoms with Crippen LogP contribution >= 0.6 is 11.3 Å². The minimum absolute atomic E-state index is 0.490. The molecule has 1 aromatic heterocycles. The van der Waals surface area contributed by atoms with E-state index in [0.717, 1.165) is 18.0 Å². The summed E-state index contributed by atoms with van der Waals surface area (Å²) in [7, 11) is 0. The zero-order valence-corrected chi connectivity index (χ0v) is 12.9. The third-order valence-electron chi connectivity index (χ3n) is 3.84. The van der Waals surface area contributed by atoms with Crippen molar-refractivity contribution in [3.63, 3.8) is 0 Å². The fraction of sp³-hybridized carbons (Fsp3) is 0.500. The van der Waals surface area contributed by atoms with Crippen LogP contribution in [0.4, 0.5) is 0 Å². The largest absolute Gasteiger partial charge is 0.308 e. The summed E-state index contributed by atoms with van der Waals surface area (Å²) in [5, 5.41) is 14.5. The quantitative estimate of drug-likeness (QED) is 0.937. The van der Waals surface area contributed by atoms with Gasteiger partial charge in [-0.15, -0.1) is 10.2 Å². The van der Waals surface area contributed by atoms with Crippen LogP contribution in [0.25, 0.3) is 0 Å². The molecule has 1 N–H and O–H groups in total. The molecule has 0 aliphatic heterocycles. The maximum absolute atomic E-state index is 4.42. The van der Waals surface area contributed by atoms with Gasteiger partial charge in [-0.2, -0.15) is 0 Å². The standard InChI is InChI=1S/C16H21N3S/c1-11(2)17-10-15-18-19-16(20-15)14-8-7-12-5-3-4-6-13(12)9-14/h3-6,11,14,17H,7-10H2,1-2H3. The van der Waals surface area contributed by atoms with Crippen molar-refractivity contribution in [3.05, 3.63) is 45.4 Å². The van der Waals surface area contributed by atoms with Crippen molar-refractivity contribution in [3.8, 4) is 0 Å². The first-order chi connectivity index (χ1) is 9.72. The van der Waals surface area contributed by atoms with E-state index < -0.39 is 0 Å². The van der Waals surface area contributed by atoms with Gasteiger partial charge in [-0.05, 0) is 30.4 Å². The average molecular weight is 287 g/mol. The Labute approximate surface area is 124 Å². The monoisotopic (exact) mass is 287 g/mol. The first-order valence-electron chi connectivity index (χ1n) is 7.35. The summed E-state index contributed by atoms with van der Waals surface area (Å²) in [5.41, 5.74) is 3.00. The normalized spacial score (nSPS) is 18.2. The molecule has 1 aromatic carbocycles. The number of nitrogens with zero attached hydrogens (tertiary/aromatic N) is 2. The molecule has 0 bridgehead atoms. The number of hydrogen-bond donors (Lipinski definition) is 1. The van der Waals surface area contributed by atoms with E-state index in [1.165, 1.54) is 29.0 Å². The molecule has 0 amide bonds. The van der Waals surface area contributed by atoms with E-state index in [9.17, 15) is 0 Å².